The van der Waals surface area contributed by atoms with Crippen LogP contribution in [0.15, 0.2) is 30.5 Å². The second-order valence-electron chi connectivity index (χ2n) is 3.84. The summed E-state index contributed by atoms with van der Waals surface area (Å²) in [5.41, 5.74) is 1.74. The summed E-state index contributed by atoms with van der Waals surface area (Å²) in [4.78, 5) is 0. The molecule has 0 unspecified atom stereocenters. The maximum absolute atomic E-state index is 5.59. The van der Waals surface area contributed by atoms with E-state index in [9.17, 15) is 0 Å². The van der Waals surface area contributed by atoms with Gasteiger partial charge in [-0.15, -0.1) is 6.42 Å². The van der Waals surface area contributed by atoms with Gasteiger partial charge in [0.05, 0.1) is 11.9 Å². The van der Waals surface area contributed by atoms with Crippen molar-refractivity contribution in [3.8, 4) is 23.8 Å². The monoisotopic (exact) mass is 242 g/mol. The molecule has 0 aliphatic heterocycles. The van der Waals surface area contributed by atoms with Crippen molar-refractivity contribution in [3.05, 3.63) is 41.7 Å². The van der Waals surface area contributed by atoms with Gasteiger partial charge >= 0.3 is 0 Å². The van der Waals surface area contributed by atoms with E-state index in [4.69, 9.17) is 11.2 Å². The zero-order valence-corrected chi connectivity index (χ0v) is 11.0. The number of aryl methyl sites for hydroxylation is 1. The van der Waals surface area contributed by atoms with Gasteiger partial charge in [0.1, 0.15) is 5.75 Å². The van der Waals surface area contributed by atoms with Crippen molar-refractivity contribution in [1.29, 1.82) is 0 Å². The van der Waals surface area contributed by atoms with Gasteiger partial charge in [-0.1, -0.05) is 26.2 Å². The van der Waals surface area contributed by atoms with Crippen LogP contribution in [-0.4, -0.2) is 10.2 Å². The van der Waals surface area contributed by atoms with Gasteiger partial charge in [-0.2, -0.15) is 5.10 Å². The van der Waals surface area contributed by atoms with Crippen LogP contribution >= 0.6 is 0 Å². The number of hydrogen-bond acceptors (Lipinski definition) is 2. The van der Waals surface area contributed by atoms with Crippen LogP contribution in [0.3, 0.4) is 0 Å². The molecule has 0 radical (unpaired) electrons. The van der Waals surface area contributed by atoms with E-state index in [0.29, 0.717) is 0 Å². The second-order valence-corrected chi connectivity index (χ2v) is 3.84. The van der Waals surface area contributed by atoms with Crippen molar-refractivity contribution in [3.63, 3.8) is 0 Å². The molecule has 0 spiro atoms. The first kappa shape index (κ1) is 13.9. The second kappa shape index (κ2) is 7.18. The molecule has 18 heavy (non-hydrogen) atoms. The molecule has 2 aromatic rings. The van der Waals surface area contributed by atoms with Crippen LogP contribution in [0.4, 0.5) is 0 Å². The normalized spacial score (nSPS) is 9.00. The van der Waals surface area contributed by atoms with E-state index in [2.05, 4.69) is 30.0 Å². The van der Waals surface area contributed by atoms with Gasteiger partial charge in [0.25, 0.3) is 0 Å². The van der Waals surface area contributed by atoms with Gasteiger partial charge in [0.15, 0.2) is 5.75 Å². The minimum Gasteiger partial charge on any atom is -0.454 e. The highest BCUT2D eigenvalue weighted by Crippen LogP contribution is 2.22. The number of aromatic amines is 1. The Balaban J connectivity index is 0.000000492. The van der Waals surface area contributed by atoms with E-state index in [1.54, 1.807) is 6.20 Å². The number of ether oxygens (including phenoxy) is 1. The molecule has 0 saturated carbocycles. The smallest absolute Gasteiger partial charge is 0.167 e. The topological polar surface area (TPSA) is 37.9 Å². The maximum atomic E-state index is 5.59. The van der Waals surface area contributed by atoms with Crippen molar-refractivity contribution < 1.29 is 4.74 Å². The summed E-state index contributed by atoms with van der Waals surface area (Å²) in [6, 6.07) is 7.35. The van der Waals surface area contributed by atoms with Crippen molar-refractivity contribution in [2.24, 2.45) is 0 Å². The lowest BCUT2D eigenvalue weighted by Gasteiger charge is -2.03. The number of nitrogens with one attached hydrogen (secondary N) is 1. The highest BCUT2D eigenvalue weighted by molar-refractivity contribution is 5.38. The first-order chi connectivity index (χ1) is 8.71. The molecule has 3 nitrogen and oxygen atoms in total. The highest BCUT2D eigenvalue weighted by Gasteiger charge is 2.02. The Kier molecular flexibility index (Phi) is 5.53. The van der Waals surface area contributed by atoms with Crippen LogP contribution in [0.2, 0.25) is 0 Å². The van der Waals surface area contributed by atoms with E-state index in [1.165, 1.54) is 6.42 Å². The minimum atomic E-state index is 0.725. The number of H-pyrrole nitrogens is 1. The lowest BCUT2D eigenvalue weighted by molar-refractivity contribution is 0.479. The number of benzene rings is 1. The van der Waals surface area contributed by atoms with Gasteiger partial charge in [-0.25, -0.2) is 0 Å². The predicted octanol–water partition coefficient (Wildman–Crippen LogP) is 3.91. The molecule has 0 aliphatic rings. The van der Waals surface area contributed by atoms with Crippen LogP contribution in [0.5, 0.6) is 11.5 Å². The fourth-order valence-electron chi connectivity index (χ4n) is 1.19. The Morgan fingerprint density at radius 2 is 1.89 bits per heavy atom. The summed E-state index contributed by atoms with van der Waals surface area (Å²) in [6.07, 6.45) is 8.15. The molecular weight excluding hydrogens is 224 g/mol. The number of hydrogen-bond donors (Lipinski definition) is 1. The molecule has 0 saturated heterocycles. The average Bonchev–Trinajstić information content (AvgIpc) is 2.77. The number of aromatic nitrogens is 2. The fraction of sp³-hybridized carbons (Fsp3) is 0.267. The summed E-state index contributed by atoms with van der Waals surface area (Å²) in [7, 11) is 0. The number of rotatable bonds is 2. The van der Waals surface area contributed by atoms with Gasteiger partial charge in [-0.05, 0) is 31.2 Å². The Morgan fingerprint density at radius 3 is 2.33 bits per heavy atom. The van der Waals surface area contributed by atoms with E-state index < -0.39 is 0 Å². The standard InChI is InChI=1S/C12H10N2O.C3H8/c1-3-10-4-6-11(7-5-10)15-12-8-13-14-9(12)2;1-3-2/h1,4-8H,2H3,(H,13,14);3H2,1-2H3. The lowest BCUT2D eigenvalue weighted by Crippen LogP contribution is -1.84. The molecule has 3 heteroatoms. The number of nitrogens with zero attached hydrogens (tertiary/aromatic N) is 1. The van der Waals surface area contributed by atoms with Crippen molar-refractivity contribution in [2.45, 2.75) is 27.2 Å². The highest BCUT2D eigenvalue weighted by atomic mass is 16.5. The Hall–Kier alpha value is -2.21. The minimum absolute atomic E-state index is 0.725. The first-order valence-corrected chi connectivity index (χ1v) is 5.95. The Morgan fingerprint density at radius 1 is 1.28 bits per heavy atom. The van der Waals surface area contributed by atoms with Crippen molar-refractivity contribution in [2.75, 3.05) is 0 Å². The number of terminal acetylenes is 1. The molecule has 0 fully saturated rings. The van der Waals surface area contributed by atoms with Gasteiger partial charge < -0.3 is 4.74 Å². The molecule has 0 bridgehead atoms. The summed E-state index contributed by atoms with van der Waals surface area (Å²) < 4.78 is 5.59. The molecule has 1 aromatic carbocycles. The average molecular weight is 242 g/mol. The van der Waals surface area contributed by atoms with Crippen LogP contribution in [0.1, 0.15) is 31.5 Å². The third kappa shape index (κ3) is 3.99. The summed E-state index contributed by atoms with van der Waals surface area (Å²) >= 11 is 0. The molecule has 1 aromatic heterocycles. The van der Waals surface area contributed by atoms with Crippen molar-refractivity contribution in [1.82, 2.24) is 10.2 Å². The lowest BCUT2D eigenvalue weighted by atomic mass is 10.2. The summed E-state index contributed by atoms with van der Waals surface area (Å²) in [6.45, 7) is 6.15. The van der Waals surface area contributed by atoms with Gasteiger partial charge in [-0.3, -0.25) is 5.10 Å². The van der Waals surface area contributed by atoms with E-state index in [1.807, 2.05) is 31.2 Å². The molecule has 2 rings (SSSR count). The fourth-order valence-corrected chi connectivity index (χ4v) is 1.19. The molecule has 0 aliphatic carbocycles. The predicted molar refractivity (Wildman–Crippen MR) is 73.7 cm³/mol. The first-order valence-electron chi connectivity index (χ1n) is 5.95. The molecular formula is C15H18N2O. The maximum Gasteiger partial charge on any atom is 0.167 e. The van der Waals surface area contributed by atoms with E-state index in [0.717, 1.165) is 22.8 Å². The molecule has 1 N–H and O–H groups in total. The van der Waals surface area contributed by atoms with Gasteiger partial charge in [0.2, 0.25) is 0 Å². The van der Waals surface area contributed by atoms with Gasteiger partial charge in [0, 0.05) is 5.56 Å². The van der Waals surface area contributed by atoms with Crippen molar-refractivity contribution >= 4 is 0 Å². The van der Waals surface area contributed by atoms with E-state index in [-0.39, 0.29) is 0 Å². The Labute approximate surface area is 108 Å². The largest absolute Gasteiger partial charge is 0.454 e. The molecule has 0 atom stereocenters. The third-order valence-electron chi connectivity index (χ3n) is 2.03. The van der Waals surface area contributed by atoms with Crippen LogP contribution < -0.4 is 4.74 Å². The quantitative estimate of drug-likeness (QED) is 0.811. The third-order valence-corrected chi connectivity index (χ3v) is 2.03. The van der Waals surface area contributed by atoms with Crippen LogP contribution in [0.25, 0.3) is 0 Å². The summed E-state index contributed by atoms with van der Waals surface area (Å²) in [5.74, 6) is 4.02. The Bertz CT molecular complexity index is 506. The molecule has 94 valence electrons. The van der Waals surface area contributed by atoms with Crippen LogP contribution in [0, 0.1) is 19.3 Å². The zero-order valence-electron chi connectivity index (χ0n) is 11.0. The summed E-state index contributed by atoms with van der Waals surface area (Å²) in [5, 5.41) is 6.67. The molecule has 1 heterocycles. The van der Waals surface area contributed by atoms with Crippen LogP contribution in [-0.2, 0) is 0 Å². The SMILES string of the molecule is C#Cc1ccc(Oc2cn[nH]c2C)cc1.CCC. The molecule has 0 amide bonds. The van der Waals surface area contributed by atoms with E-state index >= 15 is 0 Å². The zero-order chi connectivity index (χ0) is 13.4.